The predicted molar refractivity (Wildman–Crippen MR) is 237 cm³/mol. The molecule has 0 spiro atoms. The highest BCUT2D eigenvalue weighted by molar-refractivity contribution is 6.31. The average molecular weight is 886 g/mol. The van der Waals surface area contributed by atoms with Crippen molar-refractivity contribution in [1.82, 2.24) is 9.80 Å². The maximum Gasteiger partial charge on any atom is 0.418 e. The van der Waals surface area contributed by atoms with Crippen molar-refractivity contribution in [3.8, 4) is 23.0 Å². The first kappa shape index (κ1) is 40.8. The Bertz CT molecular complexity index is 2180. The van der Waals surface area contributed by atoms with Gasteiger partial charge >= 0.3 is 11.9 Å². The Labute approximate surface area is 370 Å². The maximum absolute atomic E-state index is 14.2. The van der Waals surface area contributed by atoms with Gasteiger partial charge < -0.3 is 48.9 Å². The van der Waals surface area contributed by atoms with Crippen molar-refractivity contribution in [2.45, 2.75) is 24.0 Å². The summed E-state index contributed by atoms with van der Waals surface area (Å²) in [6.07, 6.45) is 0.909. The zero-order valence-electron chi connectivity index (χ0n) is 34.5. The molecule has 2 fully saturated rings. The van der Waals surface area contributed by atoms with Gasteiger partial charge in [-0.25, -0.2) is 9.59 Å². The number of benzene rings is 4. The largest absolute Gasteiger partial charge is 0.486 e. The maximum atomic E-state index is 14.2. The lowest BCUT2D eigenvalue weighted by atomic mass is 9.91. The Balaban J connectivity index is 0.817. The van der Waals surface area contributed by atoms with Gasteiger partial charge in [-0.2, -0.15) is 0 Å². The molecular formula is C46H50Cl2N6O8. The summed E-state index contributed by atoms with van der Waals surface area (Å²) in [7, 11) is 0. The van der Waals surface area contributed by atoms with Crippen LogP contribution in [0.2, 0.25) is 10.0 Å². The minimum absolute atomic E-state index is 0.292. The number of halogens is 2. The molecule has 0 bridgehead atoms. The average Bonchev–Trinajstić information content (AvgIpc) is 3.84. The Kier molecular flexibility index (Phi) is 11.3. The van der Waals surface area contributed by atoms with Gasteiger partial charge in [-0.05, 0) is 48.5 Å². The molecule has 0 radical (unpaired) electrons. The summed E-state index contributed by atoms with van der Waals surface area (Å²) in [5, 5.41) is 7.91. The summed E-state index contributed by atoms with van der Waals surface area (Å²) >= 11 is 12.8. The smallest absolute Gasteiger partial charge is 0.418 e. The number of carbonyl (C=O) groups excluding carboxylic acids is 2. The van der Waals surface area contributed by atoms with Crippen molar-refractivity contribution in [3.05, 3.63) is 94.0 Å². The van der Waals surface area contributed by atoms with Crippen LogP contribution in [0, 0.1) is 0 Å². The van der Waals surface area contributed by atoms with Crippen molar-refractivity contribution >= 4 is 57.9 Å². The van der Waals surface area contributed by atoms with Gasteiger partial charge in [0.15, 0.2) is 34.2 Å². The van der Waals surface area contributed by atoms with Crippen LogP contribution in [0.3, 0.4) is 0 Å². The van der Waals surface area contributed by atoms with E-state index in [1.165, 1.54) is 0 Å². The summed E-state index contributed by atoms with van der Waals surface area (Å²) in [6, 6.07) is 23.0. The number of carbonyl (C=O) groups is 2. The van der Waals surface area contributed by atoms with E-state index in [1.54, 1.807) is 12.1 Å². The number of hydrogen-bond donors (Lipinski definition) is 2. The summed E-state index contributed by atoms with van der Waals surface area (Å²) in [4.78, 5) is 37.7. The predicted octanol–water partition coefficient (Wildman–Crippen LogP) is 5.99. The summed E-state index contributed by atoms with van der Waals surface area (Å²) < 4.78 is 36.4. The molecule has 2 saturated heterocycles. The van der Waals surface area contributed by atoms with Gasteiger partial charge in [-0.3, -0.25) is 9.80 Å². The van der Waals surface area contributed by atoms with Crippen LogP contribution in [-0.2, 0) is 30.3 Å². The molecule has 6 aliphatic heterocycles. The lowest BCUT2D eigenvalue weighted by Gasteiger charge is -2.39. The number of nitrogens with one attached hydrogen (secondary N) is 2. The van der Waals surface area contributed by atoms with Crippen molar-refractivity contribution in [3.63, 3.8) is 0 Å². The van der Waals surface area contributed by atoms with E-state index in [0.29, 0.717) is 75.5 Å². The van der Waals surface area contributed by atoms with Gasteiger partial charge in [0.05, 0.1) is 24.5 Å². The van der Waals surface area contributed by atoms with Crippen molar-refractivity contribution in [2.24, 2.45) is 0 Å². The first-order valence-corrected chi connectivity index (χ1v) is 22.3. The van der Waals surface area contributed by atoms with Gasteiger partial charge in [0.1, 0.15) is 26.4 Å². The standard InChI is InChI=1S/C46H50Cl2N6O8/c47-31-7-9-33-35(27-31)49-29-45(33,11-13-51-15-19-53(20-16-51)37-3-1-5-39-41(37)59-25-23-57-39)61-43(55)44(56)62-46(30-50-36-28-32(48)8-10-34(36)46)12-14-52-17-21-54(22-18-52)38-4-2-6-40-42(38)60-26-24-58-40/h1-10,27-28,49-50H,11-26,29-30H2. The fourth-order valence-electron chi connectivity index (χ4n) is 9.67. The number of ether oxygens (including phenoxy) is 6. The molecule has 62 heavy (non-hydrogen) atoms. The van der Waals surface area contributed by atoms with Crippen LogP contribution in [-0.4, -0.2) is 127 Å². The molecule has 16 heteroatoms. The molecule has 4 aromatic rings. The molecule has 326 valence electrons. The first-order chi connectivity index (χ1) is 30.3. The van der Waals surface area contributed by atoms with E-state index in [2.05, 4.69) is 42.4 Å². The highest BCUT2D eigenvalue weighted by Gasteiger charge is 2.48. The Morgan fingerprint density at radius 1 is 0.565 bits per heavy atom. The van der Waals surface area contributed by atoms with Crippen molar-refractivity contribution in [2.75, 3.05) is 125 Å². The fourth-order valence-corrected chi connectivity index (χ4v) is 10.0. The molecule has 0 saturated carbocycles. The fraction of sp³-hybridized carbons (Fsp3) is 0.435. The van der Waals surface area contributed by atoms with Crippen LogP contribution < -0.4 is 39.4 Å². The van der Waals surface area contributed by atoms with Crippen LogP contribution in [0.15, 0.2) is 72.8 Å². The van der Waals surface area contributed by atoms with E-state index in [4.69, 9.17) is 51.6 Å². The normalized spacial score (nSPS) is 22.9. The highest BCUT2D eigenvalue weighted by Crippen LogP contribution is 2.46. The number of piperazine rings is 2. The van der Waals surface area contributed by atoms with Crippen LogP contribution >= 0.6 is 23.2 Å². The van der Waals surface area contributed by atoms with E-state index in [1.807, 2.05) is 48.5 Å². The first-order valence-electron chi connectivity index (χ1n) is 21.5. The van der Waals surface area contributed by atoms with E-state index >= 15 is 0 Å². The highest BCUT2D eigenvalue weighted by atomic mass is 35.5. The lowest BCUT2D eigenvalue weighted by Crippen LogP contribution is -2.49. The van der Waals surface area contributed by atoms with Gasteiger partial charge in [-0.15, -0.1) is 0 Å². The molecule has 0 amide bonds. The van der Waals surface area contributed by atoms with E-state index in [-0.39, 0.29) is 0 Å². The monoisotopic (exact) mass is 884 g/mol. The SMILES string of the molecule is O=C(OC1(CCN2CCN(c3cccc4c3OCCO4)CC2)CNc2cc(Cl)ccc21)C(=O)OC1(CCN2CCN(c3cccc4c3OCCO4)CC2)CNc2cc(Cl)ccc21. The molecule has 6 heterocycles. The van der Waals surface area contributed by atoms with Gasteiger partial charge in [0.2, 0.25) is 0 Å². The minimum atomic E-state index is -1.13. The molecule has 0 aromatic heterocycles. The minimum Gasteiger partial charge on any atom is -0.486 e. The molecule has 2 unspecified atom stereocenters. The van der Waals surface area contributed by atoms with Gasteiger partial charge in [-0.1, -0.05) is 47.5 Å². The molecule has 10 rings (SSSR count). The zero-order chi connectivity index (χ0) is 42.3. The summed E-state index contributed by atoms with van der Waals surface area (Å²) in [5.74, 6) is 1.07. The quantitative estimate of drug-likeness (QED) is 0.143. The van der Waals surface area contributed by atoms with Crippen molar-refractivity contribution < 1.29 is 38.0 Å². The zero-order valence-corrected chi connectivity index (χ0v) is 36.0. The van der Waals surface area contributed by atoms with E-state index < -0.39 is 23.1 Å². The Hall–Kier alpha value is -5.28. The number of hydrogen-bond acceptors (Lipinski definition) is 14. The lowest BCUT2D eigenvalue weighted by molar-refractivity contribution is -0.187. The number of esters is 2. The van der Waals surface area contributed by atoms with Gasteiger partial charge in [0, 0.05) is 111 Å². The summed E-state index contributed by atoms with van der Waals surface area (Å²) in [5.41, 5.74) is 2.92. The number of nitrogens with zero attached hydrogens (tertiary/aromatic N) is 4. The van der Waals surface area contributed by atoms with Crippen LogP contribution in [0.5, 0.6) is 23.0 Å². The molecular weight excluding hydrogens is 835 g/mol. The van der Waals surface area contributed by atoms with Gasteiger partial charge in [0.25, 0.3) is 0 Å². The Morgan fingerprint density at radius 2 is 0.984 bits per heavy atom. The molecule has 0 aliphatic carbocycles. The topological polar surface area (TPSA) is 127 Å². The second-order valence-corrected chi connectivity index (χ2v) is 17.5. The van der Waals surface area contributed by atoms with Crippen LogP contribution in [0.4, 0.5) is 22.7 Å². The van der Waals surface area contributed by atoms with Crippen LogP contribution in [0.25, 0.3) is 0 Å². The molecule has 2 N–H and O–H groups in total. The third-order valence-electron chi connectivity index (χ3n) is 13.0. The molecule has 6 aliphatic rings. The number of anilines is 4. The number of fused-ring (bicyclic) bond motifs is 4. The second kappa shape index (κ2) is 17.1. The van der Waals surface area contributed by atoms with Crippen LogP contribution in [0.1, 0.15) is 24.0 Å². The third kappa shape index (κ3) is 7.97. The van der Waals surface area contributed by atoms with E-state index in [0.717, 1.165) is 109 Å². The summed E-state index contributed by atoms with van der Waals surface area (Å²) in [6.45, 7) is 10.3. The molecule has 2 atom stereocenters. The molecule has 4 aromatic carbocycles. The second-order valence-electron chi connectivity index (χ2n) is 16.6. The number of para-hydroxylation sites is 2. The van der Waals surface area contributed by atoms with E-state index in [9.17, 15) is 9.59 Å². The third-order valence-corrected chi connectivity index (χ3v) is 13.5. The Morgan fingerprint density at radius 3 is 1.42 bits per heavy atom. The molecule has 14 nitrogen and oxygen atoms in total. The number of rotatable bonds is 10. The van der Waals surface area contributed by atoms with Crippen molar-refractivity contribution in [1.29, 1.82) is 0 Å².